The molecule has 1 N–H and O–H groups in total. The molecular weight excluding hydrogens is 222 g/mol. The third kappa shape index (κ3) is 2.29. The molecule has 0 aromatic carbocycles. The molecule has 0 aromatic rings. The summed E-state index contributed by atoms with van der Waals surface area (Å²) in [6, 6.07) is 0. The lowest BCUT2D eigenvalue weighted by molar-refractivity contribution is -0.154. The zero-order valence-corrected chi connectivity index (χ0v) is 10.1. The van der Waals surface area contributed by atoms with Crippen LogP contribution in [-0.2, 0) is 14.3 Å². The van der Waals surface area contributed by atoms with Gasteiger partial charge in [-0.15, -0.1) is 0 Å². The highest BCUT2D eigenvalue weighted by atomic mass is 16.5. The lowest BCUT2D eigenvalue weighted by Crippen LogP contribution is -2.59. The number of carboxylic acids is 1. The van der Waals surface area contributed by atoms with Gasteiger partial charge in [0.1, 0.15) is 0 Å². The van der Waals surface area contributed by atoms with Crippen molar-refractivity contribution in [3.05, 3.63) is 0 Å². The van der Waals surface area contributed by atoms with Crippen LogP contribution >= 0.6 is 0 Å². The maximum Gasteiger partial charge on any atom is 0.308 e. The fraction of sp³-hybridized carbons (Fsp3) is 0.833. The van der Waals surface area contributed by atoms with Crippen LogP contribution in [0, 0.1) is 5.92 Å². The molecule has 2 heterocycles. The van der Waals surface area contributed by atoms with Crippen LogP contribution in [0.25, 0.3) is 0 Å². The van der Waals surface area contributed by atoms with E-state index in [-0.39, 0.29) is 11.4 Å². The van der Waals surface area contributed by atoms with Crippen LogP contribution in [0.5, 0.6) is 0 Å². The molecule has 0 saturated carbocycles. The highest BCUT2D eigenvalue weighted by Crippen LogP contribution is 2.38. The molecule has 5 nitrogen and oxygen atoms in total. The lowest BCUT2D eigenvalue weighted by Gasteiger charge is -2.50. The van der Waals surface area contributed by atoms with E-state index in [1.54, 1.807) is 4.90 Å². The maximum atomic E-state index is 11.7. The van der Waals surface area contributed by atoms with Crippen molar-refractivity contribution in [1.82, 2.24) is 4.90 Å². The van der Waals surface area contributed by atoms with E-state index in [1.807, 2.05) is 0 Å². The predicted octanol–water partition coefficient (Wildman–Crippen LogP) is 0.879. The topological polar surface area (TPSA) is 66.8 Å². The van der Waals surface area contributed by atoms with Gasteiger partial charge in [-0.2, -0.15) is 0 Å². The summed E-state index contributed by atoms with van der Waals surface area (Å²) in [7, 11) is 0. The van der Waals surface area contributed by atoms with Crippen LogP contribution in [0.3, 0.4) is 0 Å². The molecule has 0 bridgehead atoms. The fourth-order valence-corrected chi connectivity index (χ4v) is 3.02. The Kier molecular flexibility index (Phi) is 3.38. The Labute approximate surface area is 101 Å². The Morgan fingerprint density at radius 1 is 1.29 bits per heavy atom. The molecule has 2 aliphatic heterocycles. The number of hydrogen-bond donors (Lipinski definition) is 1. The average molecular weight is 241 g/mol. The van der Waals surface area contributed by atoms with Crippen LogP contribution in [0.15, 0.2) is 0 Å². The van der Waals surface area contributed by atoms with Crippen LogP contribution in [0.4, 0.5) is 0 Å². The predicted molar refractivity (Wildman–Crippen MR) is 60.5 cm³/mol. The van der Waals surface area contributed by atoms with Crippen molar-refractivity contribution in [2.45, 2.75) is 38.1 Å². The fourth-order valence-electron chi connectivity index (χ4n) is 3.02. The Balaban J connectivity index is 2.16. The summed E-state index contributed by atoms with van der Waals surface area (Å²) in [6.45, 7) is 3.22. The number of ether oxygens (including phenoxy) is 1. The molecule has 1 unspecified atom stereocenters. The number of rotatable bonds is 1. The first-order valence-corrected chi connectivity index (χ1v) is 6.14. The highest BCUT2D eigenvalue weighted by molar-refractivity contribution is 5.76. The Hall–Kier alpha value is -1.10. The normalized spacial score (nSPS) is 28.1. The monoisotopic (exact) mass is 241 g/mol. The van der Waals surface area contributed by atoms with Crippen LogP contribution < -0.4 is 0 Å². The van der Waals surface area contributed by atoms with E-state index in [2.05, 4.69) is 0 Å². The molecule has 1 amide bonds. The molecule has 5 heteroatoms. The van der Waals surface area contributed by atoms with E-state index in [1.165, 1.54) is 6.92 Å². The third-order valence-corrected chi connectivity index (χ3v) is 4.09. The van der Waals surface area contributed by atoms with Gasteiger partial charge >= 0.3 is 5.97 Å². The van der Waals surface area contributed by atoms with Gasteiger partial charge in [-0.3, -0.25) is 9.59 Å². The summed E-state index contributed by atoms with van der Waals surface area (Å²) >= 11 is 0. The van der Waals surface area contributed by atoms with Crippen molar-refractivity contribution in [2.24, 2.45) is 5.92 Å². The van der Waals surface area contributed by atoms with Crippen molar-refractivity contribution in [3.8, 4) is 0 Å². The summed E-state index contributed by atoms with van der Waals surface area (Å²) in [5.41, 5.74) is -0.143. The molecule has 2 fully saturated rings. The van der Waals surface area contributed by atoms with E-state index in [0.717, 1.165) is 19.3 Å². The molecule has 2 aliphatic rings. The van der Waals surface area contributed by atoms with Gasteiger partial charge in [0.2, 0.25) is 5.91 Å². The number of likely N-dealkylation sites (tertiary alicyclic amines) is 1. The van der Waals surface area contributed by atoms with Crippen LogP contribution in [0.1, 0.15) is 32.6 Å². The van der Waals surface area contributed by atoms with E-state index in [9.17, 15) is 9.59 Å². The molecular formula is C12H19NO4. The highest BCUT2D eigenvalue weighted by Gasteiger charge is 2.45. The summed E-state index contributed by atoms with van der Waals surface area (Å²) in [4.78, 5) is 24.5. The summed E-state index contributed by atoms with van der Waals surface area (Å²) in [6.07, 6.45) is 3.11. The van der Waals surface area contributed by atoms with Crippen LogP contribution in [0.2, 0.25) is 0 Å². The maximum absolute atomic E-state index is 11.7. The number of aliphatic carboxylic acids is 1. The summed E-state index contributed by atoms with van der Waals surface area (Å²) < 4.78 is 5.35. The minimum Gasteiger partial charge on any atom is -0.481 e. The number of carbonyl (C=O) groups excluding carboxylic acids is 1. The zero-order chi connectivity index (χ0) is 12.5. The van der Waals surface area contributed by atoms with Gasteiger partial charge in [-0.05, 0) is 25.7 Å². The number of carboxylic acid groups (broad SMARTS) is 1. The molecule has 1 atom stereocenters. The quantitative estimate of drug-likeness (QED) is 0.740. The lowest BCUT2D eigenvalue weighted by atomic mass is 9.77. The van der Waals surface area contributed by atoms with Gasteiger partial charge in [-0.25, -0.2) is 0 Å². The largest absolute Gasteiger partial charge is 0.481 e. The van der Waals surface area contributed by atoms with Gasteiger partial charge in [0, 0.05) is 32.2 Å². The van der Waals surface area contributed by atoms with Crippen molar-refractivity contribution < 1.29 is 19.4 Å². The smallest absolute Gasteiger partial charge is 0.308 e. The minimum absolute atomic E-state index is 0.0159. The molecule has 17 heavy (non-hydrogen) atoms. The first kappa shape index (κ1) is 12.4. The molecule has 2 rings (SSSR count). The van der Waals surface area contributed by atoms with E-state index < -0.39 is 11.9 Å². The van der Waals surface area contributed by atoms with E-state index in [0.29, 0.717) is 26.2 Å². The van der Waals surface area contributed by atoms with Gasteiger partial charge < -0.3 is 14.7 Å². The second kappa shape index (κ2) is 4.64. The van der Waals surface area contributed by atoms with Crippen LogP contribution in [-0.4, -0.2) is 47.2 Å². The Morgan fingerprint density at radius 2 is 1.94 bits per heavy atom. The Morgan fingerprint density at radius 3 is 2.47 bits per heavy atom. The second-order valence-corrected chi connectivity index (χ2v) is 5.04. The summed E-state index contributed by atoms with van der Waals surface area (Å²) in [5.74, 6) is -1.22. The zero-order valence-electron chi connectivity index (χ0n) is 10.1. The van der Waals surface area contributed by atoms with Crippen molar-refractivity contribution in [1.29, 1.82) is 0 Å². The third-order valence-electron chi connectivity index (χ3n) is 4.09. The van der Waals surface area contributed by atoms with E-state index >= 15 is 0 Å². The van der Waals surface area contributed by atoms with Crippen molar-refractivity contribution in [3.63, 3.8) is 0 Å². The first-order chi connectivity index (χ1) is 8.05. The number of piperidine rings is 1. The van der Waals surface area contributed by atoms with Gasteiger partial charge in [0.15, 0.2) is 0 Å². The number of carbonyl (C=O) groups is 2. The SMILES string of the molecule is CC(=O)N1CC(C(=O)O)CCC12CCOCC2. The molecule has 1 spiro atoms. The Bertz CT molecular complexity index is 322. The second-order valence-electron chi connectivity index (χ2n) is 5.04. The van der Waals surface area contributed by atoms with Crippen molar-refractivity contribution in [2.75, 3.05) is 19.8 Å². The molecule has 96 valence electrons. The average Bonchev–Trinajstić information content (AvgIpc) is 2.30. The van der Waals surface area contributed by atoms with Gasteiger partial charge in [-0.1, -0.05) is 0 Å². The molecule has 0 aliphatic carbocycles. The number of hydrogen-bond acceptors (Lipinski definition) is 3. The number of amides is 1. The van der Waals surface area contributed by atoms with E-state index in [4.69, 9.17) is 9.84 Å². The first-order valence-electron chi connectivity index (χ1n) is 6.14. The van der Waals surface area contributed by atoms with Gasteiger partial charge in [0.25, 0.3) is 0 Å². The minimum atomic E-state index is -0.793. The van der Waals surface area contributed by atoms with Gasteiger partial charge in [0.05, 0.1) is 5.92 Å². The summed E-state index contributed by atoms with van der Waals surface area (Å²) in [5, 5.41) is 9.06. The standard InChI is InChI=1S/C12H19NO4/c1-9(14)13-8-10(11(15)16)2-3-12(13)4-6-17-7-5-12/h10H,2-8H2,1H3,(H,15,16). The van der Waals surface area contributed by atoms with Crippen molar-refractivity contribution >= 4 is 11.9 Å². The molecule has 0 radical (unpaired) electrons. The number of nitrogens with zero attached hydrogens (tertiary/aromatic N) is 1. The molecule has 2 saturated heterocycles. The molecule has 0 aromatic heterocycles.